The summed E-state index contributed by atoms with van der Waals surface area (Å²) in [5.74, 6) is -0.484. The third-order valence-electron chi connectivity index (χ3n) is 2.35. The number of hydrogen-bond donors (Lipinski definition) is 2. The van der Waals surface area contributed by atoms with Gasteiger partial charge in [-0.25, -0.2) is 12.8 Å². The molecule has 0 aliphatic heterocycles. The van der Waals surface area contributed by atoms with Gasteiger partial charge >= 0.3 is 0 Å². The Morgan fingerprint density at radius 3 is 2.79 bits per heavy atom. The number of benzene rings is 1. The van der Waals surface area contributed by atoms with E-state index < -0.39 is 15.8 Å². The zero-order valence-corrected chi connectivity index (χ0v) is 11.8. The lowest BCUT2D eigenvalue weighted by molar-refractivity contribution is 0.603. The molecule has 102 valence electrons. The molecule has 1 aromatic heterocycles. The highest BCUT2D eigenvalue weighted by Crippen LogP contribution is 2.23. The Kier molecular flexibility index (Phi) is 4.18. The fourth-order valence-electron chi connectivity index (χ4n) is 1.55. The summed E-state index contributed by atoms with van der Waals surface area (Å²) in [6.45, 7) is 0.603. The molecule has 0 atom stereocenters. The molecule has 0 aliphatic rings. The van der Waals surface area contributed by atoms with Crippen LogP contribution in [0.3, 0.4) is 0 Å². The average Bonchev–Trinajstić information content (AvgIpc) is 2.78. The molecule has 0 radical (unpaired) electrons. The van der Waals surface area contributed by atoms with Crippen LogP contribution in [0.1, 0.15) is 5.56 Å². The van der Waals surface area contributed by atoms with Gasteiger partial charge in [0.2, 0.25) is 0 Å². The van der Waals surface area contributed by atoms with Crippen molar-refractivity contribution in [1.29, 1.82) is 0 Å². The molecule has 0 fully saturated rings. The van der Waals surface area contributed by atoms with E-state index in [1.807, 2.05) is 0 Å². The van der Waals surface area contributed by atoms with Crippen molar-refractivity contribution in [2.45, 2.75) is 10.8 Å². The molecule has 0 aliphatic carbocycles. The second-order valence-corrected chi connectivity index (χ2v) is 6.74. The van der Waals surface area contributed by atoms with Gasteiger partial charge in [-0.2, -0.15) is 0 Å². The van der Waals surface area contributed by atoms with Crippen molar-refractivity contribution in [2.24, 2.45) is 0 Å². The lowest BCUT2D eigenvalue weighted by atomic mass is 10.3. The van der Waals surface area contributed by atoms with Crippen LogP contribution in [0, 0.1) is 5.82 Å². The summed E-state index contributed by atoms with van der Waals surface area (Å²) >= 11 is 1.14. The second kappa shape index (κ2) is 5.68. The molecule has 0 spiro atoms. The Morgan fingerprint density at radius 1 is 1.32 bits per heavy atom. The van der Waals surface area contributed by atoms with E-state index in [1.165, 1.54) is 18.2 Å². The minimum Gasteiger partial charge on any atom is -0.316 e. The van der Waals surface area contributed by atoms with E-state index in [-0.39, 0.29) is 9.90 Å². The van der Waals surface area contributed by atoms with Crippen molar-refractivity contribution in [3.05, 3.63) is 47.1 Å². The van der Waals surface area contributed by atoms with Crippen LogP contribution in [0.25, 0.3) is 0 Å². The normalized spacial score (nSPS) is 11.5. The molecule has 1 aromatic carbocycles. The van der Waals surface area contributed by atoms with Crippen LogP contribution < -0.4 is 10.0 Å². The third-order valence-corrected chi connectivity index (χ3v) is 5.22. The highest BCUT2D eigenvalue weighted by Gasteiger charge is 2.17. The van der Waals surface area contributed by atoms with E-state index in [9.17, 15) is 12.8 Å². The molecule has 0 unspecified atom stereocenters. The number of anilines is 1. The molecule has 0 bridgehead atoms. The van der Waals surface area contributed by atoms with Crippen LogP contribution in [0.15, 0.2) is 39.9 Å². The zero-order chi connectivity index (χ0) is 13.9. The maximum absolute atomic E-state index is 13.0. The number of sulfonamides is 1. The topological polar surface area (TPSA) is 58.2 Å². The molecular formula is C12H13FN2O2S2. The van der Waals surface area contributed by atoms with Gasteiger partial charge in [-0.3, -0.25) is 4.72 Å². The van der Waals surface area contributed by atoms with E-state index in [0.717, 1.165) is 23.0 Å². The Bertz CT molecular complexity index is 668. The maximum atomic E-state index is 13.0. The first-order chi connectivity index (χ1) is 9.01. The smallest absolute Gasteiger partial charge is 0.271 e. The first-order valence-corrected chi connectivity index (χ1v) is 7.88. The van der Waals surface area contributed by atoms with Crippen molar-refractivity contribution in [1.82, 2.24) is 5.32 Å². The van der Waals surface area contributed by atoms with Crippen molar-refractivity contribution in [3.63, 3.8) is 0 Å². The van der Waals surface area contributed by atoms with Crippen LogP contribution in [0.5, 0.6) is 0 Å². The van der Waals surface area contributed by atoms with Crippen LogP contribution in [0.2, 0.25) is 0 Å². The fraction of sp³-hybridized carbons (Fsp3) is 0.167. The molecule has 2 aromatic rings. The minimum absolute atomic E-state index is 0.210. The second-order valence-electron chi connectivity index (χ2n) is 3.92. The van der Waals surface area contributed by atoms with Crippen LogP contribution in [-0.2, 0) is 16.6 Å². The first-order valence-electron chi connectivity index (χ1n) is 5.51. The molecule has 7 heteroatoms. The predicted molar refractivity (Wildman–Crippen MR) is 74.3 cm³/mol. The van der Waals surface area contributed by atoms with Crippen molar-refractivity contribution in [2.75, 3.05) is 11.8 Å². The standard InChI is InChI=1S/C12H13FN2O2S2/c1-14-7-9-5-12(18-8-9)19(16,17)15-11-4-2-3-10(13)6-11/h2-6,8,14-15H,7H2,1H3. The highest BCUT2D eigenvalue weighted by atomic mass is 32.2. The summed E-state index contributed by atoms with van der Waals surface area (Å²) in [4.78, 5) is 0. The van der Waals surface area contributed by atoms with Gasteiger partial charge in [0.15, 0.2) is 0 Å². The number of nitrogens with one attached hydrogen (secondary N) is 2. The van der Waals surface area contributed by atoms with Crippen LogP contribution >= 0.6 is 11.3 Å². The molecule has 1 heterocycles. The molecule has 19 heavy (non-hydrogen) atoms. The summed E-state index contributed by atoms with van der Waals surface area (Å²) in [6.07, 6.45) is 0. The molecular weight excluding hydrogens is 287 g/mol. The summed E-state index contributed by atoms with van der Waals surface area (Å²) in [5, 5.41) is 4.72. The van der Waals surface area contributed by atoms with E-state index in [1.54, 1.807) is 18.5 Å². The van der Waals surface area contributed by atoms with E-state index in [0.29, 0.717) is 6.54 Å². The Hall–Kier alpha value is -1.44. The molecule has 0 amide bonds. The van der Waals surface area contributed by atoms with Gasteiger partial charge in [0.1, 0.15) is 10.0 Å². The van der Waals surface area contributed by atoms with Crippen LogP contribution in [0.4, 0.5) is 10.1 Å². The van der Waals surface area contributed by atoms with Gasteiger partial charge < -0.3 is 5.32 Å². The largest absolute Gasteiger partial charge is 0.316 e. The molecule has 0 saturated heterocycles. The lowest BCUT2D eigenvalue weighted by Crippen LogP contribution is -2.11. The fourth-order valence-corrected chi connectivity index (χ4v) is 3.81. The summed E-state index contributed by atoms with van der Waals surface area (Å²) in [5.41, 5.74) is 1.11. The average molecular weight is 300 g/mol. The summed E-state index contributed by atoms with van der Waals surface area (Å²) in [7, 11) is -1.86. The van der Waals surface area contributed by atoms with Crippen molar-refractivity contribution in [3.8, 4) is 0 Å². The first kappa shape index (κ1) is 14.0. The molecule has 4 nitrogen and oxygen atoms in total. The molecule has 0 saturated carbocycles. The number of rotatable bonds is 5. The van der Waals surface area contributed by atoms with Gasteiger partial charge in [0, 0.05) is 6.54 Å². The summed E-state index contributed by atoms with van der Waals surface area (Å²) in [6, 6.07) is 6.95. The lowest BCUT2D eigenvalue weighted by Gasteiger charge is -2.05. The van der Waals surface area contributed by atoms with Gasteiger partial charge in [0.05, 0.1) is 5.69 Å². The Balaban J connectivity index is 2.22. The monoisotopic (exact) mass is 300 g/mol. The Morgan fingerprint density at radius 2 is 2.11 bits per heavy atom. The van der Waals surface area contributed by atoms with Gasteiger partial charge in [0.25, 0.3) is 10.0 Å². The van der Waals surface area contributed by atoms with E-state index in [2.05, 4.69) is 10.0 Å². The predicted octanol–water partition coefficient (Wildman–Crippen LogP) is 2.41. The number of thiophene rings is 1. The minimum atomic E-state index is -3.65. The SMILES string of the molecule is CNCc1csc(S(=O)(=O)Nc2cccc(F)c2)c1. The van der Waals surface area contributed by atoms with Crippen molar-refractivity contribution < 1.29 is 12.8 Å². The van der Waals surface area contributed by atoms with Gasteiger partial charge in [-0.1, -0.05) is 6.07 Å². The quantitative estimate of drug-likeness (QED) is 0.891. The van der Waals surface area contributed by atoms with Gasteiger partial charge in [-0.05, 0) is 42.3 Å². The van der Waals surface area contributed by atoms with Crippen LogP contribution in [-0.4, -0.2) is 15.5 Å². The highest BCUT2D eigenvalue weighted by molar-refractivity contribution is 7.94. The summed E-state index contributed by atoms with van der Waals surface area (Å²) < 4.78 is 39.7. The zero-order valence-electron chi connectivity index (χ0n) is 10.2. The number of hydrogen-bond acceptors (Lipinski definition) is 4. The number of halogens is 1. The van der Waals surface area contributed by atoms with E-state index in [4.69, 9.17) is 0 Å². The Labute approximate surface area is 115 Å². The maximum Gasteiger partial charge on any atom is 0.271 e. The van der Waals surface area contributed by atoms with Gasteiger partial charge in [-0.15, -0.1) is 11.3 Å². The molecule has 2 N–H and O–H groups in total. The van der Waals surface area contributed by atoms with E-state index >= 15 is 0 Å². The molecule has 2 rings (SSSR count). The van der Waals surface area contributed by atoms with Crippen molar-refractivity contribution >= 4 is 27.0 Å². The third kappa shape index (κ3) is 3.52.